The molecule has 25 nitrogen and oxygen atoms in total. The van der Waals surface area contributed by atoms with Gasteiger partial charge in [-0.05, 0) is 70.2 Å². The molecular formula is C49H59N15O10. The van der Waals surface area contributed by atoms with Gasteiger partial charge < -0.3 is 49.6 Å². The monoisotopic (exact) mass is 1020 g/mol. The van der Waals surface area contributed by atoms with E-state index in [4.69, 9.17) is 45.5 Å². The molecule has 5 aromatic heterocycles. The van der Waals surface area contributed by atoms with Crippen LogP contribution in [0.2, 0.25) is 0 Å². The minimum atomic E-state index is -1.03. The lowest BCUT2D eigenvalue weighted by molar-refractivity contribution is -0.142. The van der Waals surface area contributed by atoms with Gasteiger partial charge in [-0.1, -0.05) is 18.2 Å². The molecule has 7 N–H and O–H groups in total. The van der Waals surface area contributed by atoms with Crippen molar-refractivity contribution in [2.24, 2.45) is 11.5 Å². The number of nitrogens with one attached hydrogen (secondary N) is 2. The van der Waals surface area contributed by atoms with E-state index in [0.717, 1.165) is 5.69 Å². The molecule has 390 valence electrons. The zero-order valence-corrected chi connectivity index (χ0v) is 41.9. The highest BCUT2D eigenvalue weighted by Crippen LogP contribution is 2.33. The Morgan fingerprint density at radius 2 is 1.24 bits per heavy atom. The van der Waals surface area contributed by atoms with Crippen LogP contribution in [-0.2, 0) is 47.0 Å². The zero-order chi connectivity index (χ0) is 53.1. The van der Waals surface area contributed by atoms with E-state index in [1.165, 1.54) is 31.4 Å². The van der Waals surface area contributed by atoms with Crippen molar-refractivity contribution in [2.75, 3.05) is 69.3 Å². The van der Waals surface area contributed by atoms with Crippen molar-refractivity contribution >= 4 is 69.2 Å². The third kappa shape index (κ3) is 12.6. The van der Waals surface area contributed by atoms with Gasteiger partial charge in [0, 0.05) is 57.1 Å². The molecule has 0 saturated heterocycles. The molecule has 25 heteroatoms. The van der Waals surface area contributed by atoms with Gasteiger partial charge in [-0.15, -0.1) is 0 Å². The van der Waals surface area contributed by atoms with Gasteiger partial charge in [0.05, 0.1) is 67.8 Å². The molecule has 4 amide bonds. The minimum absolute atomic E-state index is 0.0661. The smallest absolute Gasteiger partial charge is 0.329 e. The minimum Gasteiger partial charge on any atom is -0.494 e. The molecule has 0 aliphatic rings. The van der Waals surface area contributed by atoms with E-state index in [1.807, 2.05) is 50.2 Å². The van der Waals surface area contributed by atoms with Gasteiger partial charge in [0.25, 0.3) is 11.8 Å². The van der Waals surface area contributed by atoms with E-state index >= 15 is 0 Å². The average Bonchev–Trinajstić information content (AvgIpc) is 4.22. The van der Waals surface area contributed by atoms with Crippen molar-refractivity contribution in [3.8, 4) is 11.5 Å². The number of nitrogens with two attached hydrogens (primary N) is 2. The normalized spacial score (nSPS) is 11.6. The summed E-state index contributed by atoms with van der Waals surface area (Å²) in [6.07, 6.45) is 10.9. The second-order valence-corrected chi connectivity index (χ2v) is 16.7. The van der Waals surface area contributed by atoms with E-state index in [-0.39, 0.29) is 68.3 Å². The number of carboxylic acid groups (broad SMARTS) is 1. The second kappa shape index (κ2) is 24.1. The lowest BCUT2D eigenvalue weighted by atomic mass is 10.1. The van der Waals surface area contributed by atoms with Gasteiger partial charge in [0.15, 0.2) is 0 Å². The number of aromatic nitrogens is 10. The van der Waals surface area contributed by atoms with Crippen LogP contribution in [-0.4, -0.2) is 137 Å². The average molecular weight is 1020 g/mol. The molecule has 0 atom stereocenters. The van der Waals surface area contributed by atoms with Gasteiger partial charge in [-0.2, -0.15) is 15.3 Å². The van der Waals surface area contributed by atoms with Gasteiger partial charge in [-0.25, -0.2) is 14.8 Å². The van der Waals surface area contributed by atoms with Crippen LogP contribution in [0.3, 0.4) is 0 Å². The van der Waals surface area contributed by atoms with E-state index < -0.39 is 29.6 Å². The Balaban J connectivity index is 1.15. The van der Waals surface area contributed by atoms with Crippen molar-refractivity contribution in [2.45, 2.75) is 60.4 Å². The number of carboxylic acids is 1. The summed E-state index contributed by atoms with van der Waals surface area (Å²) in [6, 6.07) is 9.42. The highest BCUT2D eigenvalue weighted by molar-refractivity contribution is 6.05. The third-order valence-corrected chi connectivity index (χ3v) is 11.5. The number of fused-ring (bicyclic) bond motifs is 2. The van der Waals surface area contributed by atoms with E-state index in [2.05, 4.69) is 25.9 Å². The first-order chi connectivity index (χ1) is 35.6. The molecule has 5 heterocycles. The molecule has 2 aromatic carbocycles. The van der Waals surface area contributed by atoms with Crippen molar-refractivity contribution in [3.63, 3.8) is 0 Å². The number of carbonyl (C=O) groups is 5. The number of carbonyl (C=O) groups excluding carboxylic acids is 4. The molecule has 74 heavy (non-hydrogen) atoms. The first-order valence-corrected chi connectivity index (χ1v) is 23.6. The predicted molar refractivity (Wildman–Crippen MR) is 273 cm³/mol. The molecule has 0 aliphatic carbocycles. The molecule has 0 aliphatic heterocycles. The summed E-state index contributed by atoms with van der Waals surface area (Å²) in [5.41, 5.74) is 16.2. The number of hydrogen-bond acceptors (Lipinski definition) is 15. The number of nitrogens with zero attached hydrogens (tertiary/aromatic N) is 11. The van der Waals surface area contributed by atoms with Crippen LogP contribution >= 0.6 is 0 Å². The van der Waals surface area contributed by atoms with E-state index in [9.17, 15) is 24.0 Å². The summed E-state index contributed by atoms with van der Waals surface area (Å²) in [7, 11) is 3.35. The molecule has 0 spiro atoms. The lowest BCUT2D eigenvalue weighted by Gasteiger charge is -2.16. The number of primary amides is 2. The Morgan fingerprint density at radius 1 is 0.716 bits per heavy atom. The molecule has 0 saturated carbocycles. The van der Waals surface area contributed by atoms with E-state index in [1.54, 1.807) is 61.4 Å². The summed E-state index contributed by atoms with van der Waals surface area (Å²) in [5, 5.41) is 27.8. The number of imidazole rings is 2. The summed E-state index contributed by atoms with van der Waals surface area (Å²) in [5.74, 6) is -2.51. The fourth-order valence-corrected chi connectivity index (χ4v) is 7.93. The topological polar surface area (TPSA) is 311 Å². The number of ether oxygens (including phenoxy) is 4. The van der Waals surface area contributed by atoms with Gasteiger partial charge in [0.1, 0.15) is 47.1 Å². The maximum absolute atomic E-state index is 13.9. The van der Waals surface area contributed by atoms with Crippen molar-refractivity contribution in [1.29, 1.82) is 0 Å². The molecule has 7 rings (SSSR count). The first kappa shape index (κ1) is 53.0. The van der Waals surface area contributed by atoms with Crippen LogP contribution in [0.25, 0.3) is 22.1 Å². The quantitative estimate of drug-likeness (QED) is 0.0362. The first-order valence-electron chi connectivity index (χ1n) is 23.6. The summed E-state index contributed by atoms with van der Waals surface area (Å²) in [4.78, 5) is 74.7. The van der Waals surface area contributed by atoms with Gasteiger partial charge >= 0.3 is 5.97 Å². The van der Waals surface area contributed by atoms with Crippen molar-refractivity contribution in [3.05, 3.63) is 107 Å². The molecule has 0 radical (unpaired) electrons. The maximum atomic E-state index is 13.9. The Labute approximate surface area is 424 Å². The van der Waals surface area contributed by atoms with Crippen LogP contribution in [0.1, 0.15) is 66.9 Å². The Morgan fingerprint density at radius 3 is 1.77 bits per heavy atom. The Bertz CT molecular complexity index is 3250. The number of rotatable bonds is 27. The fourth-order valence-electron chi connectivity index (χ4n) is 7.93. The molecular weight excluding hydrogens is 959 g/mol. The second-order valence-electron chi connectivity index (χ2n) is 16.7. The summed E-state index contributed by atoms with van der Waals surface area (Å²) >= 11 is 0. The number of allylic oxidation sites excluding steroid dienone is 3. The van der Waals surface area contributed by atoms with Crippen molar-refractivity contribution in [1.82, 2.24) is 48.4 Å². The number of aryl methyl sites for hydroxylation is 4. The van der Waals surface area contributed by atoms with Crippen molar-refractivity contribution < 1.29 is 48.0 Å². The highest BCUT2D eigenvalue weighted by atomic mass is 16.5. The SMILES string of the molecule is CCn1nc(C)cc1C(=O)Nc1nc2cc(C(N)=O)cc(OC)c2n1C/C=C/Cn1c(NC(=O)c2cc(C)nn2CC)nc2cc(C(N)=O)cc(OC/C=C/Cn3cc(N(C)CCOCCOCC(=O)O)cn3)c21. The maximum Gasteiger partial charge on any atom is 0.329 e. The molecule has 0 fully saturated rings. The van der Waals surface area contributed by atoms with Crippen LogP contribution in [0, 0.1) is 13.8 Å². The van der Waals surface area contributed by atoms with E-state index in [0.29, 0.717) is 83.4 Å². The van der Waals surface area contributed by atoms with Gasteiger partial charge in [-0.3, -0.25) is 43.9 Å². The summed E-state index contributed by atoms with van der Waals surface area (Å²) in [6.45, 7) is 10.0. The number of anilines is 3. The predicted octanol–water partition coefficient (Wildman–Crippen LogP) is 3.79. The number of likely N-dealkylation sites (N-methyl/N-ethyl adjacent to an activating group) is 1. The fraction of sp³-hybridized carbons (Fsp3) is 0.347. The van der Waals surface area contributed by atoms with Crippen LogP contribution in [0.5, 0.6) is 11.5 Å². The Kier molecular flexibility index (Phi) is 17.2. The molecule has 0 bridgehead atoms. The third-order valence-electron chi connectivity index (χ3n) is 11.5. The molecule has 7 aromatic rings. The van der Waals surface area contributed by atoms with Gasteiger partial charge in [0.2, 0.25) is 23.7 Å². The zero-order valence-electron chi connectivity index (χ0n) is 41.9. The largest absolute Gasteiger partial charge is 0.494 e. The lowest BCUT2D eigenvalue weighted by Crippen LogP contribution is -2.23. The Hall–Kier alpha value is -8.84. The number of hydrogen-bond donors (Lipinski definition) is 5. The van der Waals surface area contributed by atoms with Crippen LogP contribution < -0.4 is 36.5 Å². The number of aliphatic carboxylic acids is 1. The number of methoxy groups -OCH3 is 1. The van der Waals surface area contributed by atoms with Crippen LogP contribution in [0.15, 0.2) is 73.1 Å². The van der Waals surface area contributed by atoms with Crippen LogP contribution in [0.4, 0.5) is 17.6 Å². The number of benzene rings is 2. The molecule has 0 unspecified atom stereocenters. The number of amides is 4. The standard InChI is InChI=1S/C49H59N15O10/c1-7-63-37(21-30(3)57-63)46(69)55-48-53-35-23-32(44(50)67)25-39(71-6)42(35)61(48)14-9-10-15-62-43-36(54-49(62)56-47(70)38-22-31(4)58-64(38)8-2)24-33(45(51)68)26-40(43)74-17-12-11-13-60-28-34(27-52-60)59(5)16-18-72-19-20-73-29-41(65)66/h9-12,21-28H,7-8,13-20,29H2,1-6H3,(H2,50,67)(H2,51,68)(H,65,66)(H,53,55,69)(H,54,56,70)/b10-9+,12-11+. The highest BCUT2D eigenvalue weighted by Gasteiger charge is 2.24. The summed E-state index contributed by atoms with van der Waals surface area (Å²) < 4.78 is 31.0.